The van der Waals surface area contributed by atoms with Gasteiger partial charge < -0.3 is 14.2 Å². The molecular formula is C61H112O6. The van der Waals surface area contributed by atoms with Gasteiger partial charge in [-0.3, -0.25) is 14.4 Å². The van der Waals surface area contributed by atoms with Gasteiger partial charge in [-0.05, 0) is 57.8 Å². The van der Waals surface area contributed by atoms with E-state index in [4.69, 9.17) is 14.2 Å². The lowest BCUT2D eigenvalue weighted by Crippen LogP contribution is -2.30. The maximum absolute atomic E-state index is 12.9. The van der Waals surface area contributed by atoms with Crippen molar-refractivity contribution in [1.82, 2.24) is 0 Å². The minimum Gasteiger partial charge on any atom is -0.462 e. The summed E-state index contributed by atoms with van der Waals surface area (Å²) in [6.45, 7) is 6.65. The number of unbranched alkanes of at least 4 members (excludes halogenated alkanes) is 37. The highest BCUT2D eigenvalue weighted by Crippen LogP contribution is 2.17. The van der Waals surface area contributed by atoms with E-state index in [2.05, 4.69) is 57.2 Å². The van der Waals surface area contributed by atoms with Crippen LogP contribution in [-0.4, -0.2) is 37.2 Å². The molecule has 0 saturated carbocycles. The van der Waals surface area contributed by atoms with Gasteiger partial charge >= 0.3 is 17.9 Å². The van der Waals surface area contributed by atoms with Gasteiger partial charge in [-0.25, -0.2) is 0 Å². The number of carbonyl (C=O) groups excluding carboxylic acids is 3. The van der Waals surface area contributed by atoms with Crippen LogP contribution in [0, 0.1) is 0 Å². The zero-order chi connectivity index (χ0) is 48.6. The van der Waals surface area contributed by atoms with Crippen LogP contribution in [0.4, 0.5) is 0 Å². The molecule has 0 heterocycles. The van der Waals surface area contributed by atoms with Crippen LogP contribution < -0.4 is 0 Å². The van der Waals surface area contributed by atoms with Gasteiger partial charge in [0.1, 0.15) is 13.2 Å². The molecule has 392 valence electrons. The largest absolute Gasteiger partial charge is 0.462 e. The molecule has 1 atom stereocenters. The fourth-order valence-electron chi connectivity index (χ4n) is 8.69. The van der Waals surface area contributed by atoms with Crippen LogP contribution in [0.3, 0.4) is 0 Å². The molecule has 0 aliphatic rings. The van der Waals surface area contributed by atoms with Gasteiger partial charge in [0.25, 0.3) is 0 Å². The number of ether oxygens (including phenoxy) is 3. The first-order valence-corrected chi connectivity index (χ1v) is 29.5. The van der Waals surface area contributed by atoms with Crippen LogP contribution >= 0.6 is 0 Å². The Kier molecular flexibility index (Phi) is 54.2. The SMILES string of the molecule is CCCCC/C=C\C/C=C\C/C=C\CCCCCCCCC(=O)OC[C@@H](COC(=O)CCCCCCCCCCCCCCCC)OC(=O)CCCCCCCCCCCCCCCCCC. The molecule has 0 aliphatic heterocycles. The summed E-state index contributed by atoms with van der Waals surface area (Å²) >= 11 is 0. The molecule has 0 aromatic heterocycles. The maximum atomic E-state index is 12.9. The van der Waals surface area contributed by atoms with E-state index in [-0.39, 0.29) is 31.1 Å². The van der Waals surface area contributed by atoms with Crippen LogP contribution in [-0.2, 0) is 28.6 Å². The number of rotatable bonds is 54. The van der Waals surface area contributed by atoms with E-state index in [1.165, 1.54) is 199 Å². The van der Waals surface area contributed by atoms with Crippen LogP contribution in [0.25, 0.3) is 0 Å². The molecule has 0 saturated heterocycles. The molecule has 0 aromatic rings. The quantitative estimate of drug-likeness (QED) is 0.0262. The summed E-state index contributed by atoms with van der Waals surface area (Å²) < 4.78 is 16.9. The zero-order valence-corrected chi connectivity index (χ0v) is 44.9. The molecule has 0 rings (SSSR count). The molecule has 0 unspecified atom stereocenters. The average molecular weight is 942 g/mol. The van der Waals surface area contributed by atoms with E-state index in [0.717, 1.165) is 77.0 Å². The third-order valence-electron chi connectivity index (χ3n) is 13.1. The summed E-state index contributed by atoms with van der Waals surface area (Å²) in [6, 6.07) is 0. The van der Waals surface area contributed by atoms with Gasteiger partial charge in [0, 0.05) is 19.3 Å². The highest BCUT2D eigenvalue weighted by Gasteiger charge is 2.19. The molecule has 0 spiro atoms. The van der Waals surface area contributed by atoms with Crippen LogP contribution in [0.2, 0.25) is 0 Å². The van der Waals surface area contributed by atoms with Gasteiger partial charge in [0.15, 0.2) is 6.10 Å². The van der Waals surface area contributed by atoms with Crippen molar-refractivity contribution in [2.45, 2.75) is 322 Å². The summed E-state index contributed by atoms with van der Waals surface area (Å²) in [6.07, 6.45) is 67.0. The van der Waals surface area contributed by atoms with E-state index < -0.39 is 6.10 Å². The standard InChI is InChI=1S/C61H112O6/c1-4-7-10-13-16-19-22-25-28-30-31-32-34-36-39-42-45-48-51-54-60(63)66-57-58(56-65-59(62)53-50-47-44-41-38-35-27-24-21-18-15-12-9-6-3)67-61(64)55-52-49-46-43-40-37-33-29-26-23-20-17-14-11-8-5-2/h16,19,25,28,31-32,58H,4-15,17-18,20-24,26-27,29-30,33-57H2,1-3H3/b19-16-,28-25-,32-31-/t58-/m1/s1. The van der Waals surface area contributed by atoms with E-state index in [0.29, 0.717) is 19.3 Å². The Hall–Kier alpha value is -2.37. The summed E-state index contributed by atoms with van der Waals surface area (Å²) in [5.74, 6) is -0.864. The number of allylic oxidation sites excluding steroid dienone is 6. The third-order valence-corrected chi connectivity index (χ3v) is 13.1. The average Bonchev–Trinajstić information content (AvgIpc) is 3.33. The first-order valence-electron chi connectivity index (χ1n) is 29.5. The first-order chi connectivity index (χ1) is 33.0. The minimum absolute atomic E-state index is 0.0713. The minimum atomic E-state index is -0.773. The molecule has 0 radical (unpaired) electrons. The number of hydrogen-bond acceptors (Lipinski definition) is 6. The lowest BCUT2D eigenvalue weighted by molar-refractivity contribution is -0.167. The Labute approximate surface area is 416 Å². The molecule has 0 aromatic carbocycles. The molecule has 6 nitrogen and oxygen atoms in total. The van der Waals surface area contributed by atoms with Crippen LogP contribution in [0.1, 0.15) is 316 Å². The Bertz CT molecular complexity index is 1130. The van der Waals surface area contributed by atoms with Gasteiger partial charge in [0.05, 0.1) is 0 Å². The van der Waals surface area contributed by atoms with Gasteiger partial charge in [-0.15, -0.1) is 0 Å². The predicted molar refractivity (Wildman–Crippen MR) is 289 cm³/mol. The third kappa shape index (κ3) is 54.4. The monoisotopic (exact) mass is 941 g/mol. The summed E-state index contributed by atoms with van der Waals surface area (Å²) in [5.41, 5.74) is 0. The molecule has 0 fully saturated rings. The lowest BCUT2D eigenvalue weighted by atomic mass is 10.0. The number of esters is 3. The van der Waals surface area contributed by atoms with E-state index in [1.54, 1.807) is 0 Å². The van der Waals surface area contributed by atoms with Crippen LogP contribution in [0.15, 0.2) is 36.5 Å². The van der Waals surface area contributed by atoms with Gasteiger partial charge in [0.2, 0.25) is 0 Å². The molecule has 6 heteroatoms. The smallest absolute Gasteiger partial charge is 0.306 e. The Morgan fingerprint density at radius 2 is 0.537 bits per heavy atom. The number of hydrogen-bond donors (Lipinski definition) is 0. The van der Waals surface area contributed by atoms with Crippen molar-refractivity contribution in [3.63, 3.8) is 0 Å². The van der Waals surface area contributed by atoms with Crippen LogP contribution in [0.5, 0.6) is 0 Å². The van der Waals surface area contributed by atoms with E-state index in [1.807, 2.05) is 0 Å². The van der Waals surface area contributed by atoms with Crippen molar-refractivity contribution in [3.05, 3.63) is 36.5 Å². The normalized spacial score (nSPS) is 12.2. The van der Waals surface area contributed by atoms with Crippen molar-refractivity contribution >= 4 is 17.9 Å². The molecular weight excluding hydrogens is 829 g/mol. The second kappa shape index (κ2) is 56.2. The van der Waals surface area contributed by atoms with E-state index in [9.17, 15) is 14.4 Å². The maximum Gasteiger partial charge on any atom is 0.306 e. The van der Waals surface area contributed by atoms with Crippen molar-refractivity contribution in [1.29, 1.82) is 0 Å². The second-order valence-electron chi connectivity index (χ2n) is 19.9. The molecule has 0 aliphatic carbocycles. The highest BCUT2D eigenvalue weighted by atomic mass is 16.6. The Balaban J connectivity index is 4.35. The fraction of sp³-hybridized carbons (Fsp3) is 0.852. The summed E-state index contributed by atoms with van der Waals surface area (Å²) in [7, 11) is 0. The van der Waals surface area contributed by atoms with Crippen molar-refractivity contribution in [2.24, 2.45) is 0 Å². The van der Waals surface area contributed by atoms with Crippen molar-refractivity contribution in [2.75, 3.05) is 13.2 Å². The first kappa shape index (κ1) is 64.6. The predicted octanol–water partition coefficient (Wildman–Crippen LogP) is 19.7. The van der Waals surface area contributed by atoms with E-state index >= 15 is 0 Å². The molecule has 0 bridgehead atoms. The Morgan fingerprint density at radius 3 is 0.866 bits per heavy atom. The topological polar surface area (TPSA) is 78.9 Å². The second-order valence-corrected chi connectivity index (χ2v) is 19.9. The molecule has 0 N–H and O–H groups in total. The summed E-state index contributed by atoms with van der Waals surface area (Å²) in [4.78, 5) is 38.2. The van der Waals surface area contributed by atoms with Crippen molar-refractivity contribution < 1.29 is 28.6 Å². The Morgan fingerprint density at radius 1 is 0.299 bits per heavy atom. The van der Waals surface area contributed by atoms with Crippen molar-refractivity contribution in [3.8, 4) is 0 Å². The molecule has 0 amide bonds. The molecule has 67 heavy (non-hydrogen) atoms. The lowest BCUT2D eigenvalue weighted by Gasteiger charge is -2.18. The highest BCUT2D eigenvalue weighted by molar-refractivity contribution is 5.71. The zero-order valence-electron chi connectivity index (χ0n) is 44.9. The van der Waals surface area contributed by atoms with Gasteiger partial charge in [-0.1, -0.05) is 276 Å². The fourth-order valence-corrected chi connectivity index (χ4v) is 8.69. The summed E-state index contributed by atoms with van der Waals surface area (Å²) in [5, 5.41) is 0. The number of carbonyl (C=O) groups is 3. The van der Waals surface area contributed by atoms with Gasteiger partial charge in [-0.2, -0.15) is 0 Å².